The molecule has 114 valence electrons. The predicted molar refractivity (Wildman–Crippen MR) is 73.3 cm³/mol. The minimum atomic E-state index is -0.845. The van der Waals surface area contributed by atoms with Crippen molar-refractivity contribution in [2.75, 3.05) is 7.11 Å². The van der Waals surface area contributed by atoms with Crippen LogP contribution in [0.3, 0.4) is 0 Å². The van der Waals surface area contributed by atoms with Crippen LogP contribution in [-0.4, -0.2) is 24.1 Å². The third kappa shape index (κ3) is 3.71. The second kappa shape index (κ2) is 6.56. The zero-order valence-corrected chi connectivity index (χ0v) is 11.8. The van der Waals surface area contributed by atoms with E-state index in [0.717, 1.165) is 0 Å². The summed E-state index contributed by atoms with van der Waals surface area (Å²) >= 11 is 0. The van der Waals surface area contributed by atoms with Crippen molar-refractivity contribution in [3.8, 4) is 5.75 Å². The van der Waals surface area contributed by atoms with Gasteiger partial charge in [-0.1, -0.05) is 6.07 Å². The number of carbonyl (C=O) groups excluding carboxylic acids is 1. The van der Waals surface area contributed by atoms with E-state index in [1.807, 2.05) is 0 Å². The van der Waals surface area contributed by atoms with Gasteiger partial charge in [0.25, 0.3) is 0 Å². The van der Waals surface area contributed by atoms with Gasteiger partial charge in [0.2, 0.25) is 5.91 Å². The Morgan fingerprint density at radius 1 is 1.38 bits per heavy atom. The summed E-state index contributed by atoms with van der Waals surface area (Å²) in [6.45, 7) is 0.216. The van der Waals surface area contributed by atoms with Crippen molar-refractivity contribution in [3.05, 3.63) is 29.6 Å². The quantitative estimate of drug-likeness (QED) is 0.870. The highest BCUT2D eigenvalue weighted by Gasteiger charge is 2.33. The molecule has 2 N–H and O–H groups in total. The molecule has 0 radical (unpaired) electrons. The number of nitrogens with one attached hydrogen (secondary N) is 1. The summed E-state index contributed by atoms with van der Waals surface area (Å²) in [6, 6.07) is 4.50. The number of aliphatic carboxylic acids is 1. The number of benzene rings is 1. The van der Waals surface area contributed by atoms with E-state index in [2.05, 4.69) is 5.32 Å². The highest BCUT2D eigenvalue weighted by atomic mass is 19.1. The molecule has 0 aromatic heterocycles. The van der Waals surface area contributed by atoms with Crippen LogP contribution in [0.4, 0.5) is 4.39 Å². The highest BCUT2D eigenvalue weighted by molar-refractivity contribution is 5.80. The molecule has 1 aromatic carbocycles. The Kier molecular flexibility index (Phi) is 4.77. The topological polar surface area (TPSA) is 75.6 Å². The van der Waals surface area contributed by atoms with Crippen molar-refractivity contribution < 1.29 is 23.8 Å². The van der Waals surface area contributed by atoms with Crippen LogP contribution in [0.1, 0.15) is 24.8 Å². The van der Waals surface area contributed by atoms with Crippen LogP contribution in [0.15, 0.2) is 18.2 Å². The van der Waals surface area contributed by atoms with Gasteiger partial charge < -0.3 is 15.2 Å². The number of rotatable bonds is 5. The zero-order valence-electron chi connectivity index (χ0n) is 11.8. The molecule has 1 saturated carbocycles. The molecule has 0 saturated heterocycles. The van der Waals surface area contributed by atoms with E-state index >= 15 is 0 Å². The van der Waals surface area contributed by atoms with Crippen LogP contribution in [0.25, 0.3) is 0 Å². The lowest BCUT2D eigenvalue weighted by Gasteiger charge is -2.11. The van der Waals surface area contributed by atoms with Gasteiger partial charge in [0.15, 0.2) is 11.6 Å². The summed E-state index contributed by atoms with van der Waals surface area (Å²) in [5.74, 6) is -2.04. The van der Waals surface area contributed by atoms with Gasteiger partial charge in [-0.25, -0.2) is 4.39 Å². The fraction of sp³-hybridized carbons (Fsp3) is 0.467. The summed E-state index contributed by atoms with van der Waals surface area (Å²) in [7, 11) is 1.39. The number of carboxylic acids is 1. The molecule has 21 heavy (non-hydrogen) atoms. The van der Waals surface area contributed by atoms with Gasteiger partial charge in [-0.2, -0.15) is 0 Å². The van der Waals surface area contributed by atoms with Crippen LogP contribution in [0.2, 0.25) is 0 Å². The molecule has 0 spiro atoms. The van der Waals surface area contributed by atoms with E-state index in [-0.39, 0.29) is 24.1 Å². The number of methoxy groups -OCH3 is 1. The fourth-order valence-corrected chi connectivity index (χ4v) is 2.60. The largest absolute Gasteiger partial charge is 0.494 e. The minimum absolute atomic E-state index is 0.158. The fourth-order valence-electron chi connectivity index (χ4n) is 2.60. The molecular formula is C15H18FNO4. The minimum Gasteiger partial charge on any atom is -0.494 e. The third-order valence-corrected chi connectivity index (χ3v) is 3.84. The number of carboxylic acid groups (broad SMARTS) is 1. The van der Waals surface area contributed by atoms with Gasteiger partial charge in [-0.05, 0) is 37.0 Å². The van der Waals surface area contributed by atoms with E-state index in [1.54, 1.807) is 6.07 Å². The lowest BCUT2D eigenvalue weighted by atomic mass is 10.0. The maximum atomic E-state index is 13.5. The van der Waals surface area contributed by atoms with Crippen molar-refractivity contribution >= 4 is 11.9 Å². The molecule has 0 aliphatic heterocycles. The first-order valence-electron chi connectivity index (χ1n) is 6.84. The van der Waals surface area contributed by atoms with Crippen LogP contribution < -0.4 is 10.1 Å². The van der Waals surface area contributed by atoms with E-state index in [1.165, 1.54) is 19.2 Å². The molecule has 2 atom stereocenters. The molecule has 1 amide bonds. The van der Waals surface area contributed by atoms with Gasteiger partial charge in [-0.3, -0.25) is 9.59 Å². The molecule has 2 rings (SSSR count). The van der Waals surface area contributed by atoms with Crippen molar-refractivity contribution in [3.63, 3.8) is 0 Å². The lowest BCUT2D eigenvalue weighted by molar-refractivity contribution is -0.141. The summed E-state index contributed by atoms with van der Waals surface area (Å²) in [5.41, 5.74) is 0.634. The Labute approximate surface area is 122 Å². The molecule has 5 nitrogen and oxygen atoms in total. The van der Waals surface area contributed by atoms with Gasteiger partial charge in [0.1, 0.15) is 0 Å². The van der Waals surface area contributed by atoms with Gasteiger partial charge in [0, 0.05) is 12.5 Å². The van der Waals surface area contributed by atoms with Crippen molar-refractivity contribution in [1.29, 1.82) is 0 Å². The van der Waals surface area contributed by atoms with E-state index < -0.39 is 17.7 Å². The van der Waals surface area contributed by atoms with E-state index in [4.69, 9.17) is 9.84 Å². The molecule has 0 unspecified atom stereocenters. The predicted octanol–water partition coefficient (Wildman–Crippen LogP) is 1.95. The number of carbonyl (C=O) groups is 2. The number of halogens is 1. The summed E-state index contributed by atoms with van der Waals surface area (Å²) in [6.07, 6.45) is 1.49. The second-order valence-corrected chi connectivity index (χ2v) is 5.23. The van der Waals surface area contributed by atoms with Gasteiger partial charge in [-0.15, -0.1) is 0 Å². The Hall–Kier alpha value is -2.11. The molecular weight excluding hydrogens is 277 g/mol. The van der Waals surface area contributed by atoms with Crippen LogP contribution in [0.5, 0.6) is 5.75 Å². The first-order valence-corrected chi connectivity index (χ1v) is 6.84. The van der Waals surface area contributed by atoms with Crippen molar-refractivity contribution in [1.82, 2.24) is 5.32 Å². The zero-order chi connectivity index (χ0) is 15.4. The van der Waals surface area contributed by atoms with E-state index in [9.17, 15) is 14.0 Å². The standard InChI is InChI=1S/C15H18FNO4/c1-21-13-5-2-9(6-12(13)16)8-17-14(18)10-3-4-11(7-10)15(19)20/h2,5-6,10-11H,3-4,7-8H2,1H3,(H,17,18)(H,19,20)/t10-,11+/m1/s1. The lowest BCUT2D eigenvalue weighted by Crippen LogP contribution is -2.29. The van der Waals surface area contributed by atoms with Crippen molar-refractivity contribution in [2.24, 2.45) is 11.8 Å². The first kappa shape index (κ1) is 15.3. The number of ether oxygens (including phenoxy) is 1. The second-order valence-electron chi connectivity index (χ2n) is 5.23. The highest BCUT2D eigenvalue weighted by Crippen LogP contribution is 2.31. The Morgan fingerprint density at radius 3 is 2.67 bits per heavy atom. The van der Waals surface area contributed by atoms with E-state index in [0.29, 0.717) is 24.8 Å². The maximum Gasteiger partial charge on any atom is 0.306 e. The summed E-state index contributed by atoms with van der Waals surface area (Å²) < 4.78 is 18.3. The molecule has 1 fully saturated rings. The molecule has 1 aliphatic rings. The molecule has 1 aliphatic carbocycles. The molecule has 0 heterocycles. The number of hydrogen-bond acceptors (Lipinski definition) is 3. The van der Waals surface area contributed by atoms with Gasteiger partial charge in [0.05, 0.1) is 13.0 Å². The summed E-state index contributed by atoms with van der Waals surface area (Å²) in [4.78, 5) is 22.8. The Bertz CT molecular complexity index is 546. The molecule has 6 heteroatoms. The SMILES string of the molecule is COc1ccc(CNC(=O)[C@@H]2CC[C@H](C(=O)O)C2)cc1F. The monoisotopic (exact) mass is 295 g/mol. The summed E-state index contributed by atoms with van der Waals surface area (Å²) in [5, 5.41) is 11.6. The average Bonchev–Trinajstić information content (AvgIpc) is 2.95. The maximum absolute atomic E-state index is 13.5. The third-order valence-electron chi connectivity index (χ3n) is 3.84. The van der Waals surface area contributed by atoms with Crippen molar-refractivity contribution in [2.45, 2.75) is 25.8 Å². The number of amides is 1. The van der Waals surface area contributed by atoms with Gasteiger partial charge >= 0.3 is 5.97 Å². The molecule has 1 aromatic rings. The number of hydrogen-bond donors (Lipinski definition) is 2. The Balaban J connectivity index is 1.87. The van der Waals surface area contributed by atoms with Crippen LogP contribution >= 0.6 is 0 Å². The van der Waals surface area contributed by atoms with Crippen LogP contribution in [-0.2, 0) is 16.1 Å². The first-order chi connectivity index (χ1) is 10.0. The Morgan fingerprint density at radius 2 is 2.10 bits per heavy atom. The van der Waals surface area contributed by atoms with Crippen LogP contribution in [0, 0.1) is 17.7 Å². The normalized spacial score (nSPS) is 21.0. The smallest absolute Gasteiger partial charge is 0.306 e. The average molecular weight is 295 g/mol. The molecule has 0 bridgehead atoms.